The molecule has 0 fully saturated rings. The van der Waals surface area contributed by atoms with Gasteiger partial charge in [0.05, 0.1) is 19.3 Å². The van der Waals surface area contributed by atoms with Crippen LogP contribution >= 0.6 is 0 Å². The summed E-state index contributed by atoms with van der Waals surface area (Å²) in [6, 6.07) is 13.1. The summed E-state index contributed by atoms with van der Waals surface area (Å²) in [6.45, 7) is 0.217. The molecular weight excluding hydrogens is 368 g/mol. The van der Waals surface area contributed by atoms with Crippen molar-refractivity contribution in [2.24, 2.45) is 0 Å². The van der Waals surface area contributed by atoms with Gasteiger partial charge in [0.2, 0.25) is 0 Å². The van der Waals surface area contributed by atoms with Crippen molar-refractivity contribution in [2.45, 2.75) is 6.54 Å². The number of methoxy groups -OCH3 is 1. The molecule has 1 N–H and O–H groups in total. The van der Waals surface area contributed by atoms with Gasteiger partial charge >= 0.3 is 0 Å². The van der Waals surface area contributed by atoms with Crippen molar-refractivity contribution < 1.29 is 18.3 Å². The van der Waals surface area contributed by atoms with Gasteiger partial charge in [-0.3, -0.25) is 9.59 Å². The molecule has 0 spiro atoms. The Bertz CT molecular complexity index is 1050. The highest BCUT2D eigenvalue weighted by molar-refractivity contribution is 5.94. The van der Waals surface area contributed by atoms with Crippen LogP contribution in [-0.2, 0) is 6.54 Å². The Morgan fingerprint density at radius 1 is 1.07 bits per heavy atom. The number of rotatable bonds is 6. The molecule has 8 heteroatoms. The van der Waals surface area contributed by atoms with Gasteiger partial charge in [0.1, 0.15) is 5.75 Å². The number of nitrogens with zero attached hydrogens (tertiary/aromatic N) is 2. The van der Waals surface area contributed by atoms with Crippen LogP contribution in [0.25, 0.3) is 11.3 Å². The highest BCUT2D eigenvalue weighted by Gasteiger charge is 2.10. The number of halogens is 2. The van der Waals surface area contributed by atoms with Crippen molar-refractivity contribution in [3.05, 3.63) is 82.1 Å². The summed E-state index contributed by atoms with van der Waals surface area (Å²) in [4.78, 5) is 24.0. The van der Waals surface area contributed by atoms with Gasteiger partial charge in [0, 0.05) is 23.7 Å². The molecule has 0 aliphatic carbocycles. The smallest absolute Gasteiger partial charge is 0.266 e. The standard InChI is InChI=1S/C20H17F2N3O3/c1-28-15-5-2-13(3-6-15)18-8-9-19(26)25(24-18)11-10-23-20(27)14-4-7-16(21)17(22)12-14/h2-9,12H,10-11H2,1H3,(H,23,27). The third-order valence-electron chi connectivity index (χ3n) is 4.04. The molecule has 0 unspecified atom stereocenters. The summed E-state index contributed by atoms with van der Waals surface area (Å²) in [6.07, 6.45) is 0. The maximum absolute atomic E-state index is 13.2. The first-order valence-corrected chi connectivity index (χ1v) is 8.44. The first kappa shape index (κ1) is 19.2. The zero-order valence-corrected chi connectivity index (χ0v) is 15.0. The second-order valence-corrected chi connectivity index (χ2v) is 5.89. The predicted octanol–water partition coefficient (Wildman–Crippen LogP) is 2.63. The molecule has 0 bridgehead atoms. The number of nitrogens with one attached hydrogen (secondary N) is 1. The van der Waals surface area contributed by atoms with Gasteiger partial charge in [0.25, 0.3) is 11.5 Å². The van der Waals surface area contributed by atoms with E-state index in [1.165, 1.54) is 16.8 Å². The monoisotopic (exact) mass is 385 g/mol. The van der Waals surface area contributed by atoms with E-state index in [1.54, 1.807) is 25.3 Å². The molecule has 0 radical (unpaired) electrons. The number of ether oxygens (including phenoxy) is 1. The quantitative estimate of drug-likeness (QED) is 0.708. The maximum Gasteiger partial charge on any atom is 0.266 e. The van der Waals surface area contributed by atoms with Gasteiger partial charge in [-0.1, -0.05) is 0 Å². The summed E-state index contributed by atoms with van der Waals surface area (Å²) in [5.74, 6) is -1.99. The zero-order valence-electron chi connectivity index (χ0n) is 15.0. The lowest BCUT2D eigenvalue weighted by Crippen LogP contribution is -2.32. The van der Waals surface area contributed by atoms with Crippen LogP contribution in [0, 0.1) is 11.6 Å². The molecule has 0 aliphatic rings. The van der Waals surface area contributed by atoms with Crippen LogP contribution < -0.4 is 15.6 Å². The minimum atomic E-state index is -1.10. The van der Waals surface area contributed by atoms with E-state index in [1.807, 2.05) is 12.1 Å². The molecular formula is C20H17F2N3O3. The Hall–Kier alpha value is -3.55. The largest absolute Gasteiger partial charge is 0.497 e. The molecule has 1 heterocycles. The predicted molar refractivity (Wildman–Crippen MR) is 99.2 cm³/mol. The van der Waals surface area contributed by atoms with Crippen LogP contribution in [0.4, 0.5) is 8.78 Å². The van der Waals surface area contributed by atoms with E-state index in [9.17, 15) is 18.4 Å². The van der Waals surface area contributed by atoms with Crippen LogP contribution in [-0.4, -0.2) is 29.3 Å². The van der Waals surface area contributed by atoms with Gasteiger partial charge in [-0.05, 0) is 48.5 Å². The van der Waals surface area contributed by atoms with Crippen LogP contribution in [0.5, 0.6) is 5.75 Å². The number of carbonyl (C=O) groups excluding carboxylic acids is 1. The highest BCUT2D eigenvalue weighted by Crippen LogP contribution is 2.19. The Morgan fingerprint density at radius 3 is 2.50 bits per heavy atom. The molecule has 28 heavy (non-hydrogen) atoms. The number of hydrogen-bond donors (Lipinski definition) is 1. The van der Waals surface area contributed by atoms with Crippen molar-refractivity contribution in [3.63, 3.8) is 0 Å². The van der Waals surface area contributed by atoms with E-state index >= 15 is 0 Å². The molecule has 3 rings (SSSR count). The summed E-state index contributed by atoms with van der Waals surface area (Å²) >= 11 is 0. The van der Waals surface area contributed by atoms with E-state index in [4.69, 9.17) is 4.74 Å². The van der Waals surface area contributed by atoms with Gasteiger partial charge in [-0.2, -0.15) is 5.10 Å². The van der Waals surface area contributed by atoms with Crippen molar-refractivity contribution in [1.29, 1.82) is 0 Å². The van der Waals surface area contributed by atoms with Gasteiger partial charge in [0.15, 0.2) is 11.6 Å². The van der Waals surface area contributed by atoms with Crippen molar-refractivity contribution in [3.8, 4) is 17.0 Å². The fourth-order valence-corrected chi connectivity index (χ4v) is 2.54. The van der Waals surface area contributed by atoms with Crippen molar-refractivity contribution in [2.75, 3.05) is 13.7 Å². The summed E-state index contributed by atoms with van der Waals surface area (Å²) in [5.41, 5.74) is 1.07. The second kappa shape index (κ2) is 8.43. The number of carbonyl (C=O) groups is 1. The number of hydrogen-bond acceptors (Lipinski definition) is 4. The molecule has 2 aromatic carbocycles. The maximum atomic E-state index is 13.2. The van der Waals surface area contributed by atoms with E-state index in [2.05, 4.69) is 10.4 Å². The lowest BCUT2D eigenvalue weighted by atomic mass is 10.1. The lowest BCUT2D eigenvalue weighted by Gasteiger charge is -2.09. The van der Waals surface area contributed by atoms with Crippen molar-refractivity contribution >= 4 is 5.91 Å². The fourth-order valence-electron chi connectivity index (χ4n) is 2.54. The minimum Gasteiger partial charge on any atom is -0.497 e. The Kier molecular flexibility index (Phi) is 5.78. The first-order valence-electron chi connectivity index (χ1n) is 8.44. The second-order valence-electron chi connectivity index (χ2n) is 5.89. The van der Waals surface area contributed by atoms with Gasteiger partial charge in [-0.15, -0.1) is 0 Å². The average Bonchev–Trinajstić information content (AvgIpc) is 2.71. The van der Waals surface area contributed by atoms with E-state index in [0.717, 1.165) is 17.7 Å². The van der Waals surface area contributed by atoms with Crippen LogP contribution in [0.3, 0.4) is 0 Å². The lowest BCUT2D eigenvalue weighted by molar-refractivity contribution is 0.0951. The highest BCUT2D eigenvalue weighted by atomic mass is 19.2. The van der Waals surface area contributed by atoms with Crippen LogP contribution in [0.15, 0.2) is 59.4 Å². The molecule has 1 aromatic heterocycles. The third-order valence-corrected chi connectivity index (χ3v) is 4.04. The molecule has 3 aromatic rings. The Morgan fingerprint density at radius 2 is 1.82 bits per heavy atom. The third kappa shape index (κ3) is 4.40. The molecule has 6 nitrogen and oxygen atoms in total. The van der Waals surface area contributed by atoms with Crippen molar-refractivity contribution in [1.82, 2.24) is 15.1 Å². The number of aromatic nitrogens is 2. The first-order chi connectivity index (χ1) is 13.5. The number of benzene rings is 2. The topological polar surface area (TPSA) is 73.2 Å². The molecule has 1 amide bonds. The normalized spacial score (nSPS) is 10.5. The average molecular weight is 385 g/mol. The minimum absolute atomic E-state index is 0.00816. The number of amides is 1. The van der Waals surface area contributed by atoms with E-state index in [0.29, 0.717) is 11.4 Å². The molecule has 0 aliphatic heterocycles. The summed E-state index contributed by atoms with van der Waals surface area (Å²) in [5, 5.41) is 6.85. The van der Waals surface area contributed by atoms with Gasteiger partial charge < -0.3 is 10.1 Å². The van der Waals surface area contributed by atoms with E-state index < -0.39 is 17.5 Å². The summed E-state index contributed by atoms with van der Waals surface area (Å²) in [7, 11) is 1.57. The van der Waals surface area contributed by atoms with Crippen LogP contribution in [0.1, 0.15) is 10.4 Å². The zero-order chi connectivity index (χ0) is 20.1. The molecule has 144 valence electrons. The fraction of sp³-hybridized carbons (Fsp3) is 0.150. The van der Waals surface area contributed by atoms with Crippen LogP contribution in [0.2, 0.25) is 0 Å². The van der Waals surface area contributed by atoms with E-state index in [-0.39, 0.29) is 24.2 Å². The Labute approximate surface area is 159 Å². The SMILES string of the molecule is COc1ccc(-c2ccc(=O)n(CCNC(=O)c3ccc(F)c(F)c3)n2)cc1. The molecule has 0 saturated heterocycles. The van der Waals surface area contributed by atoms with Gasteiger partial charge in [-0.25, -0.2) is 13.5 Å². The molecule has 0 atom stereocenters. The molecule has 0 saturated carbocycles. The Balaban J connectivity index is 1.67. The summed E-state index contributed by atoms with van der Waals surface area (Å²) < 4.78 is 32.5.